The lowest BCUT2D eigenvalue weighted by atomic mass is 10.3. The highest BCUT2D eigenvalue weighted by atomic mass is 79.9. The van der Waals surface area contributed by atoms with E-state index in [9.17, 15) is 13.6 Å². The number of nitrogen functional groups attached to an aromatic ring is 1. The lowest BCUT2D eigenvalue weighted by Gasteiger charge is -2.09. The molecule has 3 N–H and O–H groups in total. The first-order chi connectivity index (χ1) is 9.95. The van der Waals surface area contributed by atoms with Gasteiger partial charge in [0.2, 0.25) is 0 Å². The Labute approximate surface area is 128 Å². The van der Waals surface area contributed by atoms with Crippen LogP contribution in [0.4, 0.5) is 20.2 Å². The van der Waals surface area contributed by atoms with Gasteiger partial charge in [-0.1, -0.05) is 22.0 Å². The molecule has 0 heterocycles. The number of ether oxygens (including phenoxy) is 1. The van der Waals surface area contributed by atoms with Crippen LogP contribution >= 0.6 is 15.9 Å². The van der Waals surface area contributed by atoms with Crippen LogP contribution in [-0.2, 0) is 4.79 Å². The molecule has 0 aromatic heterocycles. The average molecular weight is 357 g/mol. The maximum Gasteiger partial charge on any atom is 0.262 e. The Morgan fingerprint density at radius 3 is 2.71 bits per heavy atom. The van der Waals surface area contributed by atoms with Crippen molar-refractivity contribution in [3.05, 3.63) is 52.5 Å². The van der Waals surface area contributed by atoms with Crippen LogP contribution in [0.15, 0.2) is 40.9 Å². The van der Waals surface area contributed by atoms with E-state index in [-0.39, 0.29) is 11.4 Å². The van der Waals surface area contributed by atoms with Gasteiger partial charge in [-0.15, -0.1) is 0 Å². The Kier molecular flexibility index (Phi) is 4.74. The quantitative estimate of drug-likeness (QED) is 0.825. The van der Waals surface area contributed by atoms with Gasteiger partial charge < -0.3 is 15.8 Å². The summed E-state index contributed by atoms with van der Waals surface area (Å²) in [6, 6.07) is 8.54. The molecule has 110 valence electrons. The van der Waals surface area contributed by atoms with Crippen molar-refractivity contribution in [3.63, 3.8) is 0 Å². The molecule has 2 rings (SSSR count). The van der Waals surface area contributed by atoms with Gasteiger partial charge in [-0.2, -0.15) is 0 Å². The summed E-state index contributed by atoms with van der Waals surface area (Å²) in [5.41, 5.74) is 5.44. The minimum atomic E-state index is -0.829. The summed E-state index contributed by atoms with van der Waals surface area (Å²) in [7, 11) is 0. The molecule has 0 aliphatic heterocycles. The van der Waals surface area contributed by atoms with Crippen molar-refractivity contribution in [2.24, 2.45) is 0 Å². The van der Waals surface area contributed by atoms with Gasteiger partial charge in [0.05, 0.1) is 5.69 Å². The monoisotopic (exact) mass is 356 g/mol. The summed E-state index contributed by atoms with van der Waals surface area (Å²) in [5, 5.41) is 2.56. The lowest BCUT2D eigenvalue weighted by molar-refractivity contribution is -0.118. The number of hydrogen-bond acceptors (Lipinski definition) is 3. The number of halogens is 3. The number of carbonyl (C=O) groups excluding carboxylic acids is 1. The highest BCUT2D eigenvalue weighted by molar-refractivity contribution is 9.10. The summed E-state index contributed by atoms with van der Waals surface area (Å²) < 4.78 is 32.4. The van der Waals surface area contributed by atoms with Gasteiger partial charge in [-0.25, -0.2) is 8.78 Å². The van der Waals surface area contributed by atoms with E-state index in [1.807, 2.05) is 0 Å². The van der Waals surface area contributed by atoms with Gasteiger partial charge in [0.1, 0.15) is 5.82 Å². The Balaban J connectivity index is 1.97. The molecule has 4 nitrogen and oxygen atoms in total. The van der Waals surface area contributed by atoms with E-state index < -0.39 is 24.1 Å². The Morgan fingerprint density at radius 2 is 2.00 bits per heavy atom. The van der Waals surface area contributed by atoms with Crippen LogP contribution in [-0.4, -0.2) is 12.5 Å². The fourth-order valence-electron chi connectivity index (χ4n) is 1.56. The second kappa shape index (κ2) is 6.53. The predicted molar refractivity (Wildman–Crippen MR) is 79.0 cm³/mol. The van der Waals surface area contributed by atoms with Crippen molar-refractivity contribution in [1.29, 1.82) is 0 Å². The zero-order valence-electron chi connectivity index (χ0n) is 10.7. The molecule has 0 saturated heterocycles. The second-order valence-corrected chi connectivity index (χ2v) is 5.07. The van der Waals surface area contributed by atoms with Crippen molar-refractivity contribution in [1.82, 2.24) is 0 Å². The molecule has 0 saturated carbocycles. The first-order valence-electron chi connectivity index (χ1n) is 5.88. The Hall–Kier alpha value is -2.15. The van der Waals surface area contributed by atoms with Gasteiger partial charge in [0, 0.05) is 22.3 Å². The van der Waals surface area contributed by atoms with E-state index >= 15 is 0 Å². The van der Waals surface area contributed by atoms with Crippen LogP contribution in [0.2, 0.25) is 0 Å². The molecule has 1 amide bonds. The van der Waals surface area contributed by atoms with Crippen LogP contribution < -0.4 is 15.8 Å². The van der Waals surface area contributed by atoms with Crippen LogP contribution in [0.5, 0.6) is 5.75 Å². The molecule has 7 heteroatoms. The predicted octanol–water partition coefficient (Wildman–Crippen LogP) is 3.33. The highest BCUT2D eigenvalue weighted by Crippen LogP contribution is 2.23. The summed E-state index contributed by atoms with van der Waals surface area (Å²) in [6.45, 7) is -0.452. The molecular formula is C14H11BrF2N2O2. The molecular weight excluding hydrogens is 346 g/mol. The van der Waals surface area contributed by atoms with E-state index in [1.165, 1.54) is 0 Å². The molecule has 2 aromatic rings. The zero-order valence-corrected chi connectivity index (χ0v) is 12.3. The number of carbonyl (C=O) groups is 1. The van der Waals surface area contributed by atoms with Crippen LogP contribution in [0.25, 0.3) is 0 Å². The number of benzene rings is 2. The molecule has 0 fully saturated rings. The van der Waals surface area contributed by atoms with Gasteiger partial charge in [-0.05, 0) is 18.2 Å². The second-order valence-electron chi connectivity index (χ2n) is 4.15. The summed E-state index contributed by atoms with van der Waals surface area (Å²) in [4.78, 5) is 11.7. The third-order valence-electron chi connectivity index (χ3n) is 2.52. The number of anilines is 2. The zero-order chi connectivity index (χ0) is 15.4. The standard InChI is InChI=1S/C14H11BrF2N2O2/c15-8-2-1-3-9(4-8)19-14(20)7-21-13-6-10(16)12(18)5-11(13)17/h1-6H,7,18H2,(H,19,20). The van der Waals surface area contributed by atoms with Gasteiger partial charge in [0.25, 0.3) is 5.91 Å². The Bertz CT molecular complexity index is 680. The number of amides is 1. The van der Waals surface area contributed by atoms with Crippen LogP contribution in [0.3, 0.4) is 0 Å². The van der Waals surface area contributed by atoms with Crippen molar-refractivity contribution in [3.8, 4) is 5.75 Å². The molecule has 21 heavy (non-hydrogen) atoms. The van der Waals surface area contributed by atoms with E-state index in [1.54, 1.807) is 24.3 Å². The van der Waals surface area contributed by atoms with Crippen molar-refractivity contribution >= 4 is 33.2 Å². The molecule has 0 unspecified atom stereocenters. The minimum absolute atomic E-state index is 0.321. The van der Waals surface area contributed by atoms with Crippen LogP contribution in [0, 0.1) is 11.6 Å². The van der Waals surface area contributed by atoms with Crippen molar-refractivity contribution in [2.45, 2.75) is 0 Å². The van der Waals surface area contributed by atoms with E-state index in [4.69, 9.17) is 10.5 Å². The number of hydrogen-bond donors (Lipinski definition) is 2. The van der Waals surface area contributed by atoms with Gasteiger partial charge >= 0.3 is 0 Å². The first kappa shape index (κ1) is 15.2. The highest BCUT2D eigenvalue weighted by Gasteiger charge is 2.11. The molecule has 0 aliphatic rings. The number of rotatable bonds is 4. The topological polar surface area (TPSA) is 64.3 Å². The van der Waals surface area contributed by atoms with Crippen molar-refractivity contribution < 1.29 is 18.3 Å². The van der Waals surface area contributed by atoms with Crippen LogP contribution in [0.1, 0.15) is 0 Å². The van der Waals surface area contributed by atoms with E-state index in [0.717, 1.165) is 16.6 Å². The number of nitrogens with two attached hydrogens (primary N) is 1. The molecule has 0 aliphatic carbocycles. The maximum atomic E-state index is 13.5. The summed E-state index contributed by atoms with van der Waals surface area (Å²) in [5.74, 6) is -2.50. The minimum Gasteiger partial charge on any atom is -0.481 e. The Morgan fingerprint density at radius 1 is 1.24 bits per heavy atom. The van der Waals surface area contributed by atoms with Crippen molar-refractivity contribution in [2.75, 3.05) is 17.7 Å². The third kappa shape index (κ3) is 4.16. The largest absolute Gasteiger partial charge is 0.481 e. The normalized spacial score (nSPS) is 10.2. The van der Waals surface area contributed by atoms with E-state index in [0.29, 0.717) is 5.69 Å². The first-order valence-corrected chi connectivity index (χ1v) is 6.68. The molecule has 0 atom stereocenters. The number of nitrogens with one attached hydrogen (secondary N) is 1. The lowest BCUT2D eigenvalue weighted by Crippen LogP contribution is -2.20. The smallest absolute Gasteiger partial charge is 0.262 e. The average Bonchev–Trinajstić information content (AvgIpc) is 2.41. The fourth-order valence-corrected chi connectivity index (χ4v) is 1.96. The van der Waals surface area contributed by atoms with Gasteiger partial charge in [0.15, 0.2) is 18.2 Å². The SMILES string of the molecule is Nc1cc(F)c(OCC(=O)Nc2cccc(Br)c2)cc1F. The van der Waals surface area contributed by atoms with E-state index in [2.05, 4.69) is 21.2 Å². The molecule has 0 spiro atoms. The molecule has 0 bridgehead atoms. The third-order valence-corrected chi connectivity index (χ3v) is 3.01. The summed E-state index contributed by atoms with van der Waals surface area (Å²) in [6.07, 6.45) is 0. The fraction of sp³-hybridized carbons (Fsp3) is 0.0714. The maximum absolute atomic E-state index is 13.5. The molecule has 2 aromatic carbocycles. The summed E-state index contributed by atoms with van der Waals surface area (Å²) >= 11 is 3.27. The molecule has 0 radical (unpaired) electrons. The van der Waals surface area contributed by atoms with Gasteiger partial charge in [-0.3, -0.25) is 4.79 Å².